The van der Waals surface area contributed by atoms with E-state index in [1.54, 1.807) is 12.1 Å². The van der Waals surface area contributed by atoms with E-state index in [9.17, 15) is 9.59 Å². The molecule has 0 aromatic heterocycles. The molecule has 3 aromatic rings. The Labute approximate surface area is 192 Å². The molecule has 0 unspecified atom stereocenters. The van der Waals surface area contributed by atoms with Crippen molar-refractivity contribution < 1.29 is 14.3 Å². The van der Waals surface area contributed by atoms with Gasteiger partial charge in [-0.2, -0.15) is 11.8 Å². The normalized spacial score (nSPS) is 13.5. The molecule has 0 saturated carbocycles. The number of rotatable bonds is 6. The predicted octanol–water partition coefficient (Wildman–Crippen LogP) is 5.02. The molecule has 1 heterocycles. The fourth-order valence-corrected chi connectivity index (χ4v) is 4.52. The molecule has 0 atom stereocenters. The summed E-state index contributed by atoms with van der Waals surface area (Å²) in [5.74, 6) is 2.56. The van der Waals surface area contributed by atoms with Crippen LogP contribution in [0.1, 0.15) is 31.8 Å². The van der Waals surface area contributed by atoms with E-state index in [2.05, 4.69) is 5.32 Å². The maximum Gasteiger partial charge on any atom is 0.256 e. The van der Waals surface area contributed by atoms with Gasteiger partial charge in [0, 0.05) is 47.0 Å². The van der Waals surface area contributed by atoms with Gasteiger partial charge in [-0.1, -0.05) is 36.4 Å². The van der Waals surface area contributed by atoms with Gasteiger partial charge in [0.2, 0.25) is 0 Å². The van der Waals surface area contributed by atoms with E-state index < -0.39 is 0 Å². The van der Waals surface area contributed by atoms with Crippen LogP contribution in [-0.2, 0) is 6.61 Å². The second-order valence-electron chi connectivity index (χ2n) is 7.65. The van der Waals surface area contributed by atoms with Crippen LogP contribution in [0.5, 0.6) is 5.75 Å². The number of para-hydroxylation sites is 1. The van der Waals surface area contributed by atoms with Gasteiger partial charge in [0.25, 0.3) is 11.8 Å². The summed E-state index contributed by atoms with van der Waals surface area (Å²) in [6.45, 7) is 3.77. The van der Waals surface area contributed by atoms with E-state index in [-0.39, 0.29) is 11.8 Å². The highest BCUT2D eigenvalue weighted by atomic mass is 32.2. The average Bonchev–Trinajstić information content (AvgIpc) is 2.85. The van der Waals surface area contributed by atoms with Crippen LogP contribution in [0.15, 0.2) is 72.8 Å². The second-order valence-corrected chi connectivity index (χ2v) is 8.87. The summed E-state index contributed by atoms with van der Waals surface area (Å²) in [6, 6.07) is 22.4. The third-order valence-electron chi connectivity index (χ3n) is 5.42. The molecule has 0 bridgehead atoms. The highest BCUT2D eigenvalue weighted by Gasteiger charge is 2.19. The van der Waals surface area contributed by atoms with Crippen LogP contribution in [0.25, 0.3) is 0 Å². The van der Waals surface area contributed by atoms with Gasteiger partial charge < -0.3 is 15.0 Å². The molecule has 5 nitrogen and oxygen atoms in total. The minimum Gasteiger partial charge on any atom is -0.489 e. The van der Waals surface area contributed by atoms with E-state index in [1.807, 2.05) is 84.2 Å². The SMILES string of the molecule is Cc1cc(C(=O)N2CCSCC2)ccc1NC(=O)c1ccccc1COc1ccccc1. The summed E-state index contributed by atoms with van der Waals surface area (Å²) in [4.78, 5) is 27.7. The zero-order valence-corrected chi connectivity index (χ0v) is 18.9. The molecule has 2 amide bonds. The molecule has 32 heavy (non-hydrogen) atoms. The van der Waals surface area contributed by atoms with Crippen molar-refractivity contribution >= 4 is 29.3 Å². The van der Waals surface area contributed by atoms with Crippen LogP contribution in [0.4, 0.5) is 5.69 Å². The summed E-state index contributed by atoms with van der Waals surface area (Å²) in [5.41, 5.74) is 3.58. The van der Waals surface area contributed by atoms with Crippen LogP contribution < -0.4 is 10.1 Å². The summed E-state index contributed by atoms with van der Waals surface area (Å²) in [7, 11) is 0. The van der Waals surface area contributed by atoms with Gasteiger partial charge in [0.1, 0.15) is 12.4 Å². The third-order valence-corrected chi connectivity index (χ3v) is 6.36. The van der Waals surface area contributed by atoms with Gasteiger partial charge >= 0.3 is 0 Å². The first-order valence-electron chi connectivity index (χ1n) is 10.7. The molecule has 0 spiro atoms. The molecule has 1 aliphatic heterocycles. The Morgan fingerprint density at radius 3 is 2.44 bits per heavy atom. The number of amides is 2. The Bertz CT molecular complexity index is 1100. The summed E-state index contributed by atoms with van der Waals surface area (Å²) < 4.78 is 5.83. The Balaban J connectivity index is 1.45. The predicted molar refractivity (Wildman–Crippen MR) is 130 cm³/mol. The lowest BCUT2D eigenvalue weighted by Crippen LogP contribution is -2.37. The maximum atomic E-state index is 13.0. The lowest BCUT2D eigenvalue weighted by Gasteiger charge is -2.26. The number of hydrogen-bond acceptors (Lipinski definition) is 4. The second kappa shape index (κ2) is 10.4. The highest BCUT2D eigenvalue weighted by molar-refractivity contribution is 7.99. The van der Waals surface area contributed by atoms with E-state index in [0.717, 1.165) is 41.5 Å². The minimum absolute atomic E-state index is 0.0506. The molecule has 164 valence electrons. The van der Waals surface area contributed by atoms with E-state index in [0.29, 0.717) is 23.4 Å². The molecular weight excluding hydrogens is 420 g/mol. The van der Waals surface area contributed by atoms with E-state index in [4.69, 9.17) is 4.74 Å². The topological polar surface area (TPSA) is 58.6 Å². The largest absolute Gasteiger partial charge is 0.489 e. The molecule has 0 radical (unpaired) electrons. The van der Waals surface area contributed by atoms with Crippen molar-refractivity contribution in [1.82, 2.24) is 4.90 Å². The zero-order chi connectivity index (χ0) is 22.3. The summed E-state index contributed by atoms with van der Waals surface area (Å²) in [6.07, 6.45) is 0. The molecule has 6 heteroatoms. The summed E-state index contributed by atoms with van der Waals surface area (Å²) >= 11 is 1.87. The molecule has 1 saturated heterocycles. The first-order valence-corrected chi connectivity index (χ1v) is 11.8. The van der Waals surface area contributed by atoms with Gasteiger partial charge in [-0.25, -0.2) is 0 Å². The minimum atomic E-state index is -0.201. The van der Waals surface area contributed by atoms with Crippen molar-refractivity contribution in [3.8, 4) is 5.75 Å². The van der Waals surface area contributed by atoms with Crippen LogP contribution in [0.3, 0.4) is 0 Å². The van der Waals surface area contributed by atoms with Gasteiger partial charge in [-0.3, -0.25) is 9.59 Å². The Hall–Kier alpha value is -3.25. The molecule has 1 aliphatic rings. The van der Waals surface area contributed by atoms with Crippen LogP contribution in [0.2, 0.25) is 0 Å². The quantitative estimate of drug-likeness (QED) is 0.578. The fraction of sp³-hybridized carbons (Fsp3) is 0.231. The number of carbonyl (C=O) groups is 2. The standard InChI is InChI=1S/C26H26N2O3S/c1-19-17-20(26(30)28-13-15-32-16-14-28)11-12-24(19)27-25(29)23-10-6-5-7-21(23)18-31-22-8-3-2-4-9-22/h2-12,17H,13-16,18H2,1H3,(H,27,29). The number of thioether (sulfide) groups is 1. The number of benzene rings is 3. The van der Waals surface area contributed by atoms with Gasteiger partial charge in [0.15, 0.2) is 0 Å². The van der Waals surface area contributed by atoms with Gasteiger partial charge in [-0.05, 0) is 48.9 Å². The molecule has 3 aromatic carbocycles. The fourth-order valence-electron chi connectivity index (χ4n) is 3.62. The lowest BCUT2D eigenvalue weighted by atomic mass is 10.1. The van der Waals surface area contributed by atoms with Crippen LogP contribution >= 0.6 is 11.8 Å². The number of carbonyl (C=O) groups excluding carboxylic acids is 2. The number of anilines is 1. The van der Waals surface area contributed by atoms with Gasteiger partial charge in [0.05, 0.1) is 0 Å². The Kier molecular flexibility index (Phi) is 7.12. The number of hydrogen-bond donors (Lipinski definition) is 1. The molecular formula is C26H26N2O3S. The van der Waals surface area contributed by atoms with Gasteiger partial charge in [-0.15, -0.1) is 0 Å². The van der Waals surface area contributed by atoms with Crippen LogP contribution in [0, 0.1) is 6.92 Å². The number of nitrogens with one attached hydrogen (secondary N) is 1. The smallest absolute Gasteiger partial charge is 0.256 e. The third kappa shape index (κ3) is 5.32. The monoisotopic (exact) mass is 446 g/mol. The first kappa shape index (κ1) is 22.0. The first-order chi connectivity index (χ1) is 15.6. The van der Waals surface area contributed by atoms with Crippen LogP contribution in [-0.4, -0.2) is 41.3 Å². The van der Waals surface area contributed by atoms with Crippen molar-refractivity contribution in [2.24, 2.45) is 0 Å². The summed E-state index contributed by atoms with van der Waals surface area (Å²) in [5, 5.41) is 2.99. The zero-order valence-electron chi connectivity index (χ0n) is 18.0. The van der Waals surface area contributed by atoms with Crippen molar-refractivity contribution in [2.45, 2.75) is 13.5 Å². The molecule has 0 aliphatic carbocycles. The molecule has 4 rings (SSSR count). The Morgan fingerprint density at radius 2 is 1.69 bits per heavy atom. The van der Waals surface area contributed by atoms with Crippen molar-refractivity contribution in [3.63, 3.8) is 0 Å². The average molecular weight is 447 g/mol. The van der Waals surface area contributed by atoms with Crippen molar-refractivity contribution in [1.29, 1.82) is 0 Å². The van der Waals surface area contributed by atoms with E-state index in [1.165, 1.54) is 0 Å². The van der Waals surface area contributed by atoms with Crippen molar-refractivity contribution in [2.75, 3.05) is 29.9 Å². The lowest BCUT2D eigenvalue weighted by molar-refractivity contribution is 0.0772. The maximum absolute atomic E-state index is 13.0. The number of ether oxygens (including phenoxy) is 1. The number of aryl methyl sites for hydroxylation is 1. The van der Waals surface area contributed by atoms with Crippen molar-refractivity contribution in [3.05, 3.63) is 95.1 Å². The van der Waals surface area contributed by atoms with E-state index >= 15 is 0 Å². The molecule has 1 N–H and O–H groups in total. The number of nitrogens with zero attached hydrogens (tertiary/aromatic N) is 1. The Morgan fingerprint density at radius 1 is 0.969 bits per heavy atom. The highest BCUT2D eigenvalue weighted by Crippen LogP contribution is 2.21. The molecule has 1 fully saturated rings.